The minimum Gasteiger partial charge on any atom is -0.871 e. The topological polar surface area (TPSA) is 55.3 Å². The third kappa shape index (κ3) is 9.13. The predicted molar refractivity (Wildman–Crippen MR) is 19.9 cm³/mol. The van der Waals surface area contributed by atoms with E-state index in [1.165, 1.54) is 0 Å². The van der Waals surface area contributed by atoms with Crippen LogP contribution in [-0.2, 0) is 4.65 Å². The quantitative estimate of drug-likeness (QED) is 0.394. The summed E-state index contributed by atoms with van der Waals surface area (Å²) in [4.78, 5) is 0. The van der Waals surface area contributed by atoms with Crippen molar-refractivity contribution in [2.45, 2.75) is 18.9 Å². The Morgan fingerprint density at radius 1 is 1.22 bits per heavy atom. The molecule has 1 saturated carbocycles. The van der Waals surface area contributed by atoms with Crippen molar-refractivity contribution in [1.82, 2.24) is 0 Å². The van der Waals surface area contributed by atoms with Gasteiger partial charge in [0.25, 0.3) is 0 Å². The van der Waals surface area contributed by atoms with Crippen LogP contribution in [0.25, 0.3) is 0 Å². The van der Waals surface area contributed by atoms with Crippen molar-refractivity contribution in [2.75, 3.05) is 0 Å². The van der Waals surface area contributed by atoms with Gasteiger partial charge in [0.2, 0.25) is 0 Å². The summed E-state index contributed by atoms with van der Waals surface area (Å²) in [7, 11) is -2.06. The monoisotopic (exact) mass is 178 g/mol. The van der Waals surface area contributed by atoms with Gasteiger partial charge in [0.05, 0.1) is 7.32 Å². The maximum Gasteiger partial charge on any atom is 1.00 e. The van der Waals surface area contributed by atoms with Crippen LogP contribution < -0.4 is 113 Å². The zero-order valence-corrected chi connectivity index (χ0v) is 12.0. The van der Waals surface area contributed by atoms with Crippen LogP contribution in [0.15, 0.2) is 0 Å². The van der Waals surface area contributed by atoms with Gasteiger partial charge in [-0.2, -0.15) is 0 Å². The molecule has 0 aromatic heterocycles. The fraction of sp³-hybridized carbons (Fsp3) is 1.00. The van der Waals surface area contributed by atoms with Gasteiger partial charge in [-0.1, -0.05) is 0 Å². The summed E-state index contributed by atoms with van der Waals surface area (Å²) < 4.78 is 4.25. The van der Waals surface area contributed by atoms with Gasteiger partial charge in [-0.25, -0.2) is 0 Å². The van der Waals surface area contributed by atoms with E-state index >= 15 is 0 Å². The SMILES string of the molecule is [K+].[K+].[O-]B([O-])OC1CC1. The fourth-order valence-corrected chi connectivity index (χ4v) is 0.361. The molecule has 0 N–H and O–H groups in total. The zero-order valence-electron chi connectivity index (χ0n) is 5.79. The normalized spacial score (nSPS) is 15.3. The van der Waals surface area contributed by atoms with Crippen LogP contribution in [0.4, 0.5) is 0 Å². The van der Waals surface area contributed by atoms with Gasteiger partial charge < -0.3 is 14.7 Å². The fourth-order valence-electron chi connectivity index (χ4n) is 0.361. The van der Waals surface area contributed by atoms with Crippen molar-refractivity contribution >= 4 is 7.32 Å². The first-order valence-electron chi connectivity index (χ1n) is 2.26. The van der Waals surface area contributed by atoms with Crippen LogP contribution in [0, 0.1) is 0 Å². The molecule has 1 aliphatic carbocycles. The van der Waals surface area contributed by atoms with E-state index in [2.05, 4.69) is 4.65 Å². The molecule has 0 bridgehead atoms. The van der Waals surface area contributed by atoms with Crippen molar-refractivity contribution < 1.29 is 117 Å². The first-order valence-corrected chi connectivity index (χ1v) is 2.26. The molecule has 0 spiro atoms. The standard InChI is InChI=1S/C3H5BO3.2K/c5-4(6)7-3-1-2-3;;/h3H,1-2H2;;/q-2;2*+1. The van der Waals surface area contributed by atoms with Gasteiger partial charge in [-0.15, -0.1) is 0 Å². The second-order valence-corrected chi connectivity index (χ2v) is 1.62. The minimum absolute atomic E-state index is 0. The molecule has 0 aliphatic heterocycles. The van der Waals surface area contributed by atoms with Gasteiger partial charge in [0, 0.05) is 6.10 Å². The molecular weight excluding hydrogens is 173 g/mol. The van der Waals surface area contributed by atoms with Crippen molar-refractivity contribution in [3.8, 4) is 0 Å². The van der Waals surface area contributed by atoms with Gasteiger partial charge in [-0.05, 0) is 12.8 Å². The van der Waals surface area contributed by atoms with E-state index in [0.717, 1.165) is 12.8 Å². The minimum atomic E-state index is -2.06. The molecule has 1 fully saturated rings. The molecule has 3 nitrogen and oxygen atoms in total. The van der Waals surface area contributed by atoms with Crippen LogP contribution >= 0.6 is 0 Å². The molecule has 6 heteroatoms. The Labute approximate surface area is 140 Å². The molecule has 0 aromatic carbocycles. The molecule has 0 atom stereocenters. The maximum absolute atomic E-state index is 9.60. The average molecular weight is 178 g/mol. The van der Waals surface area contributed by atoms with Crippen LogP contribution in [0.1, 0.15) is 12.8 Å². The van der Waals surface area contributed by atoms with E-state index in [-0.39, 0.29) is 109 Å². The Hall–Kier alpha value is 3.22. The van der Waals surface area contributed by atoms with E-state index in [0.29, 0.717) is 0 Å². The summed E-state index contributed by atoms with van der Waals surface area (Å²) in [5.41, 5.74) is 0. The van der Waals surface area contributed by atoms with Crippen molar-refractivity contribution in [3.05, 3.63) is 0 Å². The van der Waals surface area contributed by atoms with Crippen LogP contribution in [0.5, 0.6) is 0 Å². The molecule has 40 valence electrons. The first kappa shape index (κ1) is 14.7. The van der Waals surface area contributed by atoms with Crippen LogP contribution in [0.2, 0.25) is 0 Å². The Morgan fingerprint density at radius 2 is 1.67 bits per heavy atom. The summed E-state index contributed by atoms with van der Waals surface area (Å²) in [5.74, 6) is 0. The van der Waals surface area contributed by atoms with Crippen molar-refractivity contribution in [3.63, 3.8) is 0 Å². The Morgan fingerprint density at radius 3 is 1.78 bits per heavy atom. The third-order valence-corrected chi connectivity index (χ3v) is 0.828. The van der Waals surface area contributed by atoms with E-state index in [1.807, 2.05) is 0 Å². The van der Waals surface area contributed by atoms with E-state index in [1.54, 1.807) is 0 Å². The molecule has 0 heterocycles. The zero-order chi connectivity index (χ0) is 5.28. The van der Waals surface area contributed by atoms with Gasteiger partial charge in [0.15, 0.2) is 0 Å². The van der Waals surface area contributed by atoms with E-state index < -0.39 is 7.32 Å². The Kier molecular flexibility index (Phi) is 12.8. The molecule has 0 radical (unpaired) electrons. The number of hydrogen-bond acceptors (Lipinski definition) is 3. The Bertz CT molecular complexity index is 68.1. The summed E-state index contributed by atoms with van der Waals surface area (Å²) in [6.45, 7) is 0. The molecule has 0 unspecified atom stereocenters. The molecule has 0 amide bonds. The van der Waals surface area contributed by atoms with Gasteiger partial charge in [-0.3, -0.25) is 0 Å². The number of hydrogen-bond donors (Lipinski definition) is 0. The summed E-state index contributed by atoms with van der Waals surface area (Å²) in [5, 5.41) is 19.2. The largest absolute Gasteiger partial charge is 1.00 e. The molecular formula is C3H5BK2O3. The van der Waals surface area contributed by atoms with Crippen LogP contribution in [0.3, 0.4) is 0 Å². The number of rotatable bonds is 2. The molecule has 1 aliphatic rings. The summed E-state index contributed by atoms with van der Waals surface area (Å²) >= 11 is 0. The predicted octanol–water partition coefficient (Wildman–Crippen LogP) is -8.12. The van der Waals surface area contributed by atoms with E-state index in [4.69, 9.17) is 0 Å². The summed E-state index contributed by atoms with van der Waals surface area (Å²) in [6, 6.07) is 0. The van der Waals surface area contributed by atoms with Gasteiger partial charge >= 0.3 is 103 Å². The molecule has 9 heavy (non-hydrogen) atoms. The molecule has 1 rings (SSSR count). The molecule has 0 aromatic rings. The first-order chi connectivity index (χ1) is 3.29. The van der Waals surface area contributed by atoms with Crippen molar-refractivity contribution in [2.24, 2.45) is 0 Å². The average Bonchev–Trinajstić information content (AvgIpc) is 2.17. The Balaban J connectivity index is 0. The second kappa shape index (κ2) is 7.85. The smallest absolute Gasteiger partial charge is 0.871 e. The van der Waals surface area contributed by atoms with Crippen LogP contribution in [-0.4, -0.2) is 13.4 Å². The van der Waals surface area contributed by atoms with Crippen molar-refractivity contribution in [1.29, 1.82) is 0 Å². The van der Waals surface area contributed by atoms with Gasteiger partial charge in [0.1, 0.15) is 0 Å². The maximum atomic E-state index is 9.60. The molecule has 0 saturated heterocycles. The third-order valence-electron chi connectivity index (χ3n) is 0.828. The summed E-state index contributed by atoms with van der Waals surface area (Å²) in [6.07, 6.45) is 1.78. The second-order valence-electron chi connectivity index (χ2n) is 1.62. The van der Waals surface area contributed by atoms with E-state index in [9.17, 15) is 10.0 Å².